The van der Waals surface area contributed by atoms with Gasteiger partial charge in [-0.3, -0.25) is 9.59 Å². The minimum atomic E-state index is -0.155. The third kappa shape index (κ3) is 4.01. The predicted molar refractivity (Wildman–Crippen MR) is 110 cm³/mol. The molecular formula is C23H25N3O3. The zero-order chi connectivity index (χ0) is 20.2. The number of hydrogen-bond donors (Lipinski definition) is 0. The Kier molecular flexibility index (Phi) is 5.60. The topological polar surface area (TPSA) is 60.9 Å². The van der Waals surface area contributed by atoms with Crippen molar-refractivity contribution in [1.29, 1.82) is 0 Å². The van der Waals surface area contributed by atoms with Crippen molar-refractivity contribution < 1.29 is 14.4 Å². The summed E-state index contributed by atoms with van der Waals surface area (Å²) in [6.07, 6.45) is 2.13. The first kappa shape index (κ1) is 19.2. The molecule has 0 atom stereocenters. The largest absolute Gasteiger partial charge is 0.335 e. The van der Waals surface area contributed by atoms with Gasteiger partial charge in [0.2, 0.25) is 0 Å². The first-order valence-electron chi connectivity index (χ1n) is 10.2. The van der Waals surface area contributed by atoms with E-state index in [1.54, 1.807) is 41.3 Å². The van der Waals surface area contributed by atoms with Crippen molar-refractivity contribution >= 4 is 17.7 Å². The Labute approximate surface area is 170 Å². The quantitative estimate of drug-likeness (QED) is 0.756. The van der Waals surface area contributed by atoms with Crippen molar-refractivity contribution in [2.75, 3.05) is 39.3 Å². The normalized spacial score (nSPS) is 16.8. The van der Waals surface area contributed by atoms with Crippen LogP contribution >= 0.6 is 0 Å². The standard InChI is InChI=1S/C23H25N3O3/c27-21(18-8-2-1-3-9-18)19-10-4-5-11-20(19)22(28)24-14-16-26(17-15-24)23(29)25-12-6-7-13-25/h1-5,8-11H,6-7,12-17H2. The zero-order valence-electron chi connectivity index (χ0n) is 16.4. The van der Waals surface area contributed by atoms with Gasteiger partial charge in [0.05, 0.1) is 5.56 Å². The molecular weight excluding hydrogens is 366 g/mol. The number of carbonyl (C=O) groups excluding carboxylic acids is 3. The number of piperazine rings is 1. The van der Waals surface area contributed by atoms with E-state index >= 15 is 0 Å². The highest BCUT2D eigenvalue weighted by Gasteiger charge is 2.30. The van der Waals surface area contributed by atoms with Gasteiger partial charge in [-0.2, -0.15) is 0 Å². The van der Waals surface area contributed by atoms with Crippen LogP contribution in [0.2, 0.25) is 0 Å². The van der Waals surface area contributed by atoms with Crippen LogP contribution in [0.4, 0.5) is 4.79 Å². The van der Waals surface area contributed by atoms with E-state index < -0.39 is 0 Å². The maximum atomic E-state index is 13.1. The van der Waals surface area contributed by atoms with Gasteiger partial charge in [0.15, 0.2) is 5.78 Å². The molecule has 2 heterocycles. The maximum absolute atomic E-state index is 13.1. The van der Waals surface area contributed by atoms with Crippen LogP contribution in [0, 0.1) is 0 Å². The highest BCUT2D eigenvalue weighted by molar-refractivity contribution is 6.15. The van der Waals surface area contributed by atoms with Gasteiger partial charge in [0, 0.05) is 50.4 Å². The average molecular weight is 391 g/mol. The molecule has 2 aromatic rings. The SMILES string of the molecule is O=C(c1ccccc1)c1ccccc1C(=O)N1CCN(C(=O)N2CCCC2)CC1. The first-order chi connectivity index (χ1) is 14.1. The Hall–Kier alpha value is -3.15. The van der Waals surface area contributed by atoms with Crippen LogP contribution in [0.3, 0.4) is 0 Å². The van der Waals surface area contributed by atoms with Crippen molar-refractivity contribution in [3.63, 3.8) is 0 Å². The second kappa shape index (κ2) is 8.47. The van der Waals surface area contributed by atoms with Crippen molar-refractivity contribution in [1.82, 2.24) is 14.7 Å². The molecule has 0 saturated carbocycles. The lowest BCUT2D eigenvalue weighted by molar-refractivity contribution is 0.0642. The monoisotopic (exact) mass is 391 g/mol. The fourth-order valence-electron chi connectivity index (χ4n) is 3.99. The molecule has 2 aliphatic heterocycles. The highest BCUT2D eigenvalue weighted by Crippen LogP contribution is 2.19. The summed E-state index contributed by atoms with van der Waals surface area (Å²) in [6.45, 7) is 3.66. The number of ketones is 1. The maximum Gasteiger partial charge on any atom is 0.320 e. The molecule has 0 aromatic heterocycles. The summed E-state index contributed by atoms with van der Waals surface area (Å²) in [5.41, 5.74) is 1.40. The lowest BCUT2D eigenvalue weighted by Gasteiger charge is -2.36. The third-order valence-corrected chi connectivity index (χ3v) is 5.65. The van der Waals surface area contributed by atoms with E-state index in [1.165, 1.54) is 0 Å². The smallest absolute Gasteiger partial charge is 0.320 e. The molecule has 0 spiro atoms. The van der Waals surface area contributed by atoms with Gasteiger partial charge in [-0.15, -0.1) is 0 Å². The van der Waals surface area contributed by atoms with E-state index in [1.807, 2.05) is 28.0 Å². The number of carbonyl (C=O) groups is 3. The van der Waals surface area contributed by atoms with Gasteiger partial charge in [0.25, 0.3) is 5.91 Å². The molecule has 0 unspecified atom stereocenters. The second-order valence-corrected chi connectivity index (χ2v) is 7.50. The first-order valence-corrected chi connectivity index (χ1v) is 10.2. The van der Waals surface area contributed by atoms with Crippen LogP contribution in [0.1, 0.15) is 39.1 Å². The molecule has 150 valence electrons. The van der Waals surface area contributed by atoms with E-state index in [0.29, 0.717) is 42.9 Å². The van der Waals surface area contributed by atoms with Crippen LogP contribution in [0.5, 0.6) is 0 Å². The Balaban J connectivity index is 1.46. The number of benzene rings is 2. The second-order valence-electron chi connectivity index (χ2n) is 7.50. The molecule has 0 N–H and O–H groups in total. The number of nitrogens with zero attached hydrogens (tertiary/aromatic N) is 3. The summed E-state index contributed by atoms with van der Waals surface area (Å²) < 4.78 is 0. The fraction of sp³-hybridized carbons (Fsp3) is 0.348. The number of likely N-dealkylation sites (tertiary alicyclic amines) is 1. The summed E-state index contributed by atoms with van der Waals surface area (Å²) in [5.74, 6) is -0.310. The predicted octanol–water partition coefficient (Wildman–Crippen LogP) is 2.89. The van der Waals surface area contributed by atoms with Gasteiger partial charge in [-0.05, 0) is 18.9 Å². The molecule has 2 aromatic carbocycles. The Morgan fingerprint density at radius 1 is 0.586 bits per heavy atom. The van der Waals surface area contributed by atoms with Gasteiger partial charge < -0.3 is 14.7 Å². The van der Waals surface area contributed by atoms with Crippen molar-refractivity contribution in [2.45, 2.75) is 12.8 Å². The number of hydrogen-bond acceptors (Lipinski definition) is 3. The van der Waals surface area contributed by atoms with Crippen molar-refractivity contribution in [2.24, 2.45) is 0 Å². The zero-order valence-corrected chi connectivity index (χ0v) is 16.4. The highest BCUT2D eigenvalue weighted by atomic mass is 16.2. The molecule has 0 radical (unpaired) electrons. The molecule has 2 saturated heterocycles. The van der Waals surface area contributed by atoms with E-state index in [-0.39, 0.29) is 17.7 Å². The molecule has 0 bridgehead atoms. The van der Waals surface area contributed by atoms with Gasteiger partial charge >= 0.3 is 6.03 Å². The fourth-order valence-corrected chi connectivity index (χ4v) is 3.99. The number of urea groups is 1. The molecule has 29 heavy (non-hydrogen) atoms. The minimum absolute atomic E-state index is 0.0780. The average Bonchev–Trinajstić information content (AvgIpc) is 3.33. The Morgan fingerprint density at radius 2 is 1.10 bits per heavy atom. The van der Waals surface area contributed by atoms with Crippen molar-refractivity contribution in [3.05, 3.63) is 71.3 Å². The van der Waals surface area contributed by atoms with E-state index in [4.69, 9.17) is 0 Å². The van der Waals surface area contributed by atoms with Crippen LogP contribution in [-0.4, -0.2) is 71.7 Å². The molecule has 0 aliphatic carbocycles. The van der Waals surface area contributed by atoms with Crippen LogP contribution in [0.25, 0.3) is 0 Å². The molecule has 3 amide bonds. The summed E-state index contributed by atoms with van der Waals surface area (Å²) >= 11 is 0. The van der Waals surface area contributed by atoms with Crippen molar-refractivity contribution in [3.8, 4) is 0 Å². The molecule has 4 rings (SSSR count). The summed E-state index contributed by atoms with van der Waals surface area (Å²) in [5, 5.41) is 0. The van der Waals surface area contributed by atoms with E-state index in [9.17, 15) is 14.4 Å². The number of rotatable bonds is 3. The van der Waals surface area contributed by atoms with Crippen LogP contribution in [-0.2, 0) is 0 Å². The molecule has 6 heteroatoms. The Morgan fingerprint density at radius 3 is 1.76 bits per heavy atom. The number of amides is 3. The van der Waals surface area contributed by atoms with E-state index in [0.717, 1.165) is 25.9 Å². The Bertz CT molecular complexity index is 899. The molecule has 2 fully saturated rings. The van der Waals surface area contributed by atoms with Gasteiger partial charge in [0.1, 0.15) is 0 Å². The van der Waals surface area contributed by atoms with Crippen LogP contribution < -0.4 is 0 Å². The van der Waals surface area contributed by atoms with Gasteiger partial charge in [-0.1, -0.05) is 48.5 Å². The lowest BCUT2D eigenvalue weighted by atomic mass is 9.97. The summed E-state index contributed by atoms with van der Waals surface area (Å²) in [4.78, 5) is 44.1. The van der Waals surface area contributed by atoms with E-state index in [2.05, 4.69) is 0 Å². The molecule has 6 nitrogen and oxygen atoms in total. The lowest BCUT2D eigenvalue weighted by Crippen LogP contribution is -2.53. The van der Waals surface area contributed by atoms with Gasteiger partial charge in [-0.25, -0.2) is 4.79 Å². The minimum Gasteiger partial charge on any atom is -0.335 e. The van der Waals surface area contributed by atoms with Crippen LogP contribution in [0.15, 0.2) is 54.6 Å². The summed E-state index contributed by atoms with van der Waals surface area (Å²) in [7, 11) is 0. The third-order valence-electron chi connectivity index (χ3n) is 5.65. The molecule has 2 aliphatic rings. The summed E-state index contributed by atoms with van der Waals surface area (Å²) in [6, 6.07) is 16.0.